The summed E-state index contributed by atoms with van der Waals surface area (Å²) in [6.07, 6.45) is 0.366. The summed E-state index contributed by atoms with van der Waals surface area (Å²) in [5.74, 6) is 0.502. The Morgan fingerprint density at radius 2 is 1.71 bits per heavy atom. The zero-order valence-electron chi connectivity index (χ0n) is 16.5. The highest BCUT2D eigenvalue weighted by molar-refractivity contribution is 5.86. The Balaban J connectivity index is 2.06. The molecule has 150 valence electrons. The van der Waals surface area contributed by atoms with E-state index in [4.69, 9.17) is 10.5 Å². The average molecular weight is 384 g/mol. The molecular weight excluding hydrogens is 356 g/mol. The molecule has 7 heteroatoms. The molecular formula is C21H28N4O3. The van der Waals surface area contributed by atoms with Crippen LogP contribution in [0.15, 0.2) is 54.6 Å². The zero-order chi connectivity index (χ0) is 20.5. The van der Waals surface area contributed by atoms with Crippen LogP contribution in [0, 0.1) is 0 Å². The number of rotatable bonds is 9. The maximum absolute atomic E-state index is 12.7. The lowest BCUT2D eigenvalue weighted by Gasteiger charge is -2.26. The number of carbonyl (C=O) groups is 2. The Morgan fingerprint density at radius 1 is 1.07 bits per heavy atom. The topological polar surface area (TPSA) is 96.7 Å². The van der Waals surface area contributed by atoms with E-state index in [1.165, 1.54) is 0 Å². The van der Waals surface area contributed by atoms with Crippen molar-refractivity contribution in [2.75, 3.05) is 27.7 Å². The summed E-state index contributed by atoms with van der Waals surface area (Å²) in [5, 5.41) is 5.47. The van der Waals surface area contributed by atoms with Crippen LogP contribution >= 0.6 is 0 Å². The molecule has 0 heterocycles. The Bertz CT molecular complexity index is 763. The molecule has 0 radical (unpaired) electrons. The van der Waals surface area contributed by atoms with Gasteiger partial charge in [0.25, 0.3) is 0 Å². The van der Waals surface area contributed by atoms with Gasteiger partial charge in [-0.15, -0.1) is 0 Å². The molecule has 7 nitrogen and oxygen atoms in total. The number of nitrogens with one attached hydrogen (secondary N) is 2. The van der Waals surface area contributed by atoms with E-state index in [0.717, 1.165) is 16.9 Å². The van der Waals surface area contributed by atoms with E-state index in [1.807, 2.05) is 73.6 Å². The first-order chi connectivity index (χ1) is 13.4. The van der Waals surface area contributed by atoms with Gasteiger partial charge in [-0.3, -0.25) is 4.79 Å². The first kappa shape index (κ1) is 21.2. The average Bonchev–Trinajstić information content (AvgIpc) is 2.68. The van der Waals surface area contributed by atoms with Crippen molar-refractivity contribution in [1.29, 1.82) is 0 Å². The van der Waals surface area contributed by atoms with Crippen LogP contribution in [0.4, 0.5) is 4.79 Å². The van der Waals surface area contributed by atoms with Gasteiger partial charge in [0, 0.05) is 13.0 Å². The number of methoxy groups -OCH3 is 1. The number of primary amides is 1. The first-order valence-electron chi connectivity index (χ1n) is 9.08. The van der Waals surface area contributed by atoms with Crippen molar-refractivity contribution >= 4 is 11.9 Å². The van der Waals surface area contributed by atoms with Crippen molar-refractivity contribution in [3.63, 3.8) is 0 Å². The van der Waals surface area contributed by atoms with Crippen LogP contribution in [0.1, 0.15) is 17.2 Å². The number of nitrogens with two attached hydrogens (primary N) is 1. The van der Waals surface area contributed by atoms with E-state index in [2.05, 4.69) is 10.6 Å². The van der Waals surface area contributed by atoms with Gasteiger partial charge in [0.15, 0.2) is 0 Å². The van der Waals surface area contributed by atoms with E-state index < -0.39 is 12.1 Å². The van der Waals surface area contributed by atoms with E-state index in [9.17, 15) is 9.59 Å². The maximum Gasteiger partial charge on any atom is 0.312 e. The normalized spacial score (nSPS) is 12.9. The number of amides is 3. The molecule has 0 saturated carbocycles. The lowest BCUT2D eigenvalue weighted by molar-refractivity contribution is -0.123. The SMILES string of the molecule is COc1ccc([C@@H](CNC(=O)[C@H](Cc2ccccc2)NC(N)=O)N(C)C)cc1. The molecule has 0 fully saturated rings. The Labute approximate surface area is 165 Å². The number of benzene rings is 2. The number of hydrogen-bond acceptors (Lipinski definition) is 4. The van der Waals surface area contributed by atoms with Crippen molar-refractivity contribution in [3.05, 3.63) is 65.7 Å². The Morgan fingerprint density at radius 3 is 2.25 bits per heavy atom. The monoisotopic (exact) mass is 384 g/mol. The minimum Gasteiger partial charge on any atom is -0.497 e. The minimum atomic E-state index is -0.737. The predicted octanol–water partition coefficient (Wildman–Crippen LogP) is 1.69. The van der Waals surface area contributed by atoms with E-state index in [0.29, 0.717) is 13.0 Å². The fourth-order valence-electron chi connectivity index (χ4n) is 2.98. The van der Waals surface area contributed by atoms with Gasteiger partial charge in [0.2, 0.25) is 5.91 Å². The molecule has 0 bridgehead atoms. The molecule has 0 unspecified atom stereocenters. The third kappa shape index (κ3) is 6.28. The third-order valence-electron chi connectivity index (χ3n) is 4.51. The van der Waals surface area contributed by atoms with Crippen LogP contribution in [0.3, 0.4) is 0 Å². The molecule has 0 aromatic heterocycles. The highest BCUT2D eigenvalue weighted by atomic mass is 16.5. The van der Waals surface area contributed by atoms with Crippen LogP contribution in [0.25, 0.3) is 0 Å². The van der Waals surface area contributed by atoms with Gasteiger partial charge < -0.3 is 26.0 Å². The van der Waals surface area contributed by atoms with Crippen molar-refractivity contribution in [2.45, 2.75) is 18.5 Å². The molecule has 0 aliphatic heterocycles. The fraction of sp³-hybridized carbons (Fsp3) is 0.333. The molecule has 2 aromatic rings. The van der Waals surface area contributed by atoms with Crippen molar-refractivity contribution in [1.82, 2.24) is 15.5 Å². The molecule has 28 heavy (non-hydrogen) atoms. The lowest BCUT2D eigenvalue weighted by Crippen LogP contribution is -2.50. The summed E-state index contributed by atoms with van der Waals surface area (Å²) < 4.78 is 5.20. The second kappa shape index (κ2) is 10.3. The number of carbonyl (C=O) groups excluding carboxylic acids is 2. The Kier molecular flexibility index (Phi) is 7.83. The minimum absolute atomic E-state index is 0.0270. The lowest BCUT2D eigenvalue weighted by atomic mass is 10.0. The molecule has 0 spiro atoms. The van der Waals surface area contributed by atoms with E-state index >= 15 is 0 Å². The van der Waals surface area contributed by atoms with Crippen LogP contribution in [0.2, 0.25) is 0 Å². The van der Waals surface area contributed by atoms with Crippen LogP contribution in [-0.4, -0.2) is 50.6 Å². The number of hydrogen-bond donors (Lipinski definition) is 3. The van der Waals surface area contributed by atoms with Crippen LogP contribution in [0.5, 0.6) is 5.75 Å². The largest absolute Gasteiger partial charge is 0.497 e. The van der Waals surface area contributed by atoms with Crippen molar-refractivity contribution < 1.29 is 14.3 Å². The van der Waals surface area contributed by atoms with Gasteiger partial charge in [0.1, 0.15) is 11.8 Å². The van der Waals surface area contributed by atoms with Crippen LogP contribution in [-0.2, 0) is 11.2 Å². The van der Waals surface area contributed by atoms with Gasteiger partial charge in [-0.05, 0) is 37.4 Å². The Hall–Kier alpha value is -3.06. The predicted molar refractivity (Wildman–Crippen MR) is 109 cm³/mol. The molecule has 0 aliphatic carbocycles. The number of ether oxygens (including phenoxy) is 1. The highest BCUT2D eigenvalue weighted by Crippen LogP contribution is 2.20. The summed E-state index contributed by atoms with van der Waals surface area (Å²) in [7, 11) is 5.52. The van der Waals surface area contributed by atoms with Crippen molar-refractivity contribution in [3.8, 4) is 5.75 Å². The second-order valence-electron chi connectivity index (χ2n) is 6.75. The summed E-state index contributed by atoms with van der Waals surface area (Å²) in [6, 6.07) is 15.7. The quantitative estimate of drug-likeness (QED) is 0.613. The summed E-state index contributed by atoms with van der Waals surface area (Å²) in [5.41, 5.74) is 7.25. The third-order valence-corrected chi connectivity index (χ3v) is 4.51. The summed E-state index contributed by atoms with van der Waals surface area (Å²) in [4.78, 5) is 26.1. The van der Waals surface area contributed by atoms with Crippen LogP contribution < -0.4 is 21.1 Å². The van der Waals surface area contributed by atoms with Crippen molar-refractivity contribution in [2.24, 2.45) is 5.73 Å². The van der Waals surface area contributed by atoms with Gasteiger partial charge in [-0.2, -0.15) is 0 Å². The molecule has 0 aliphatic rings. The number of nitrogens with zero attached hydrogens (tertiary/aromatic N) is 1. The van der Waals surface area contributed by atoms with Gasteiger partial charge in [-0.25, -0.2) is 4.79 Å². The molecule has 2 rings (SSSR count). The van der Waals surface area contributed by atoms with Gasteiger partial charge >= 0.3 is 6.03 Å². The zero-order valence-corrected chi connectivity index (χ0v) is 16.5. The summed E-state index contributed by atoms with van der Waals surface area (Å²) >= 11 is 0. The second-order valence-corrected chi connectivity index (χ2v) is 6.75. The molecule has 2 atom stereocenters. The molecule has 4 N–H and O–H groups in total. The van der Waals surface area contributed by atoms with Gasteiger partial charge in [-0.1, -0.05) is 42.5 Å². The standard InChI is InChI=1S/C21H28N4O3/c1-25(2)19(16-9-11-17(28-3)12-10-16)14-23-20(26)18(24-21(22)27)13-15-7-5-4-6-8-15/h4-12,18-19H,13-14H2,1-3H3,(H,23,26)(H3,22,24,27)/t18-,19+/m0/s1. The number of likely N-dealkylation sites (N-methyl/N-ethyl adjacent to an activating group) is 1. The first-order valence-corrected chi connectivity index (χ1v) is 9.08. The maximum atomic E-state index is 12.7. The molecule has 0 saturated heterocycles. The summed E-state index contributed by atoms with van der Waals surface area (Å²) in [6.45, 7) is 0.393. The van der Waals surface area contributed by atoms with Gasteiger partial charge in [0.05, 0.1) is 13.2 Å². The number of urea groups is 1. The fourth-order valence-corrected chi connectivity index (χ4v) is 2.98. The smallest absolute Gasteiger partial charge is 0.312 e. The van der Waals surface area contributed by atoms with E-state index in [-0.39, 0.29) is 11.9 Å². The van der Waals surface area contributed by atoms with E-state index in [1.54, 1.807) is 7.11 Å². The molecule has 2 aromatic carbocycles. The molecule has 3 amide bonds. The highest BCUT2D eigenvalue weighted by Gasteiger charge is 2.22.